The third kappa shape index (κ3) is 32.9. The number of likely N-dealkylation sites (N-methyl/N-ethyl adjacent to an activating group) is 5. The number of carboxylic acid groups (broad SMARTS) is 1. The predicted octanol–water partition coefficient (Wildman–Crippen LogP) is 2.90. The number of carboxylic acids is 1. The highest BCUT2D eigenvalue weighted by Gasteiger charge is 2.42. The number of carbonyl (C=O) groups excluding carboxylic acids is 15. The smallest absolute Gasteiger partial charge is 0.305 e. The van der Waals surface area contributed by atoms with E-state index in [9.17, 15) is 72.9 Å². The van der Waals surface area contributed by atoms with Crippen molar-refractivity contribution in [1.29, 1.82) is 0 Å². The second-order valence-corrected chi connectivity index (χ2v) is 33.8. The van der Waals surface area contributed by atoms with Gasteiger partial charge in [0.25, 0.3) is 0 Å². The molecule has 36 heteroatoms. The van der Waals surface area contributed by atoms with Crippen LogP contribution in [0, 0.1) is 17.8 Å². The Morgan fingerprint density at radius 3 is 1.43 bits per heavy atom. The van der Waals surface area contributed by atoms with Crippen LogP contribution in [0.25, 0.3) is 10.9 Å². The topological polar surface area (TPSA) is 514 Å². The zero-order valence-electron chi connectivity index (χ0n) is 74.2. The van der Waals surface area contributed by atoms with Gasteiger partial charge in [0.2, 0.25) is 88.6 Å². The molecule has 16 N–H and O–H groups in total. The fourth-order valence-corrected chi connectivity index (χ4v) is 15.2. The standard InChI is InChI=1S/C91H124N16O19S/c1-13-15-25-56(7)87(122)107(12)74(45-58-28-21-18-22-29-58)90(125)105(10)72(32-16-14-2)89(124)104(9)51-78(113)97-69(47-79(114)115)85(120)102-80(55(5)6)91(126)106(11)73(44-57-26-19-17-20-27-57)86(121)100-70(43-60-35-39-63(109)40-36-60)88(123)103(8)50-77(112)96-68(46-61-48-94-65-31-24-23-30-64(61)65)84(119)99-67(42-59-33-37-62(108)38-34-59)83(118)98-66(41-54(3)4)82(117)101-71(52-127-53-76(93)111)81(116)95-49-75(92)110/h17-24,26-31,33-40,48,54-56,66-74,80,94,108-109H,13-16,25,32,41-47,49-53H2,1-12H3,(H2,92,110)(H2,93,111)(H,95,116)(H,96,112)(H,97,113)(H,98,118)(H,99,119)(H,100,121)(H,101,117)(H,102,120)(H,114,115)/t56-,66-,67-,68-,69-,70-,71-,72-,73-,74-,80-/m0/s1. The molecule has 11 atom stereocenters. The van der Waals surface area contributed by atoms with Crippen molar-refractivity contribution >= 4 is 117 Å². The lowest BCUT2D eigenvalue weighted by atomic mass is 9.98. The third-order valence-corrected chi connectivity index (χ3v) is 22.6. The number of nitrogens with one attached hydrogen (secondary N) is 9. The number of nitrogens with two attached hydrogens (primary N) is 2. The van der Waals surface area contributed by atoms with Crippen LogP contribution >= 0.6 is 11.8 Å². The normalized spacial score (nSPS) is 13.8. The number of unbranched alkanes of at least 4 members (excludes halogenated alkanes) is 2. The van der Waals surface area contributed by atoms with Crippen molar-refractivity contribution in [2.24, 2.45) is 29.2 Å². The maximum absolute atomic E-state index is 15.4. The maximum Gasteiger partial charge on any atom is 0.305 e. The molecule has 0 saturated carbocycles. The van der Waals surface area contributed by atoms with Gasteiger partial charge >= 0.3 is 5.97 Å². The van der Waals surface area contributed by atoms with Crippen molar-refractivity contribution < 1.29 is 92.0 Å². The number of aromatic amines is 1. The fraction of sp³-hybridized carbons (Fsp3) is 0.473. The van der Waals surface area contributed by atoms with E-state index in [2.05, 4.69) is 47.5 Å². The minimum atomic E-state index is -1.86. The molecular formula is C91H124N16O19S. The van der Waals surface area contributed by atoms with Gasteiger partial charge in [-0.15, -0.1) is 11.8 Å². The van der Waals surface area contributed by atoms with Gasteiger partial charge in [-0.2, -0.15) is 0 Å². The summed E-state index contributed by atoms with van der Waals surface area (Å²) in [5.41, 5.74) is 13.9. The number of rotatable bonds is 52. The van der Waals surface area contributed by atoms with Gasteiger partial charge in [-0.3, -0.25) is 76.7 Å². The molecule has 0 radical (unpaired) electrons. The summed E-state index contributed by atoms with van der Waals surface area (Å²) < 4.78 is 0. The number of hydrogen-bond acceptors (Lipinski definition) is 19. The number of hydrogen-bond donors (Lipinski definition) is 14. The van der Waals surface area contributed by atoms with Gasteiger partial charge in [-0.25, -0.2) is 0 Å². The van der Waals surface area contributed by atoms with Crippen LogP contribution in [0.2, 0.25) is 0 Å². The van der Waals surface area contributed by atoms with Gasteiger partial charge in [-0.1, -0.05) is 177 Å². The van der Waals surface area contributed by atoms with E-state index < -0.39 is 187 Å². The summed E-state index contributed by atoms with van der Waals surface area (Å²) in [6.45, 7) is 10.3. The van der Waals surface area contributed by atoms with Crippen molar-refractivity contribution in [2.45, 2.75) is 192 Å². The summed E-state index contributed by atoms with van der Waals surface area (Å²) in [6.07, 6.45) is 3.25. The average molecular weight is 1780 g/mol. The van der Waals surface area contributed by atoms with Crippen LogP contribution in [0.4, 0.5) is 0 Å². The number of aromatic hydroxyl groups is 2. The number of carbonyl (C=O) groups is 16. The molecule has 0 unspecified atom stereocenters. The van der Waals surface area contributed by atoms with Gasteiger partial charge < -0.3 is 98.8 Å². The van der Waals surface area contributed by atoms with Crippen LogP contribution in [-0.2, 0) is 109 Å². The first-order valence-corrected chi connectivity index (χ1v) is 43.6. The molecule has 688 valence electrons. The van der Waals surface area contributed by atoms with Crippen molar-refractivity contribution in [2.75, 3.05) is 66.4 Å². The van der Waals surface area contributed by atoms with Crippen molar-refractivity contribution in [3.63, 3.8) is 0 Å². The highest BCUT2D eigenvalue weighted by atomic mass is 32.2. The number of benzene rings is 5. The Hall–Kier alpha value is -12.9. The maximum atomic E-state index is 15.4. The van der Waals surface area contributed by atoms with E-state index in [1.165, 1.54) is 86.5 Å². The Balaban J connectivity index is 1.26. The second-order valence-electron chi connectivity index (χ2n) is 32.8. The number of para-hydroxylation sites is 1. The first kappa shape index (κ1) is 103. The van der Waals surface area contributed by atoms with E-state index in [4.69, 9.17) is 11.5 Å². The Morgan fingerprint density at radius 1 is 0.433 bits per heavy atom. The molecule has 5 aromatic carbocycles. The molecule has 0 aliphatic rings. The molecule has 35 nitrogen and oxygen atoms in total. The molecule has 15 amide bonds. The number of aliphatic carboxylic acids is 1. The molecule has 0 spiro atoms. The van der Waals surface area contributed by atoms with E-state index in [0.29, 0.717) is 52.4 Å². The molecule has 0 saturated heterocycles. The minimum Gasteiger partial charge on any atom is -0.508 e. The summed E-state index contributed by atoms with van der Waals surface area (Å²) in [4.78, 5) is 235. The highest BCUT2D eigenvalue weighted by Crippen LogP contribution is 2.25. The van der Waals surface area contributed by atoms with E-state index in [-0.39, 0.29) is 79.8 Å². The number of phenols is 2. The molecule has 6 rings (SSSR count). The summed E-state index contributed by atoms with van der Waals surface area (Å²) in [6, 6.07) is 21.5. The van der Waals surface area contributed by atoms with Crippen molar-refractivity contribution in [1.82, 2.24) is 72.0 Å². The number of amides is 15. The first-order chi connectivity index (χ1) is 60.2. The molecular weight excluding hydrogens is 1650 g/mol. The quantitative estimate of drug-likeness (QED) is 0.0261. The van der Waals surface area contributed by atoms with Crippen LogP contribution in [-0.4, -0.2) is 266 Å². The van der Waals surface area contributed by atoms with E-state index in [1.807, 2.05) is 51.1 Å². The van der Waals surface area contributed by atoms with Crippen LogP contribution in [0.3, 0.4) is 0 Å². The molecule has 0 aliphatic heterocycles. The van der Waals surface area contributed by atoms with Crippen molar-refractivity contribution in [3.05, 3.63) is 167 Å². The number of thioether (sulfide) groups is 1. The molecule has 1 aromatic heterocycles. The number of nitrogens with zero attached hydrogens (tertiary/aromatic N) is 5. The zero-order valence-corrected chi connectivity index (χ0v) is 75.0. The Labute approximate surface area is 744 Å². The fourth-order valence-electron chi connectivity index (χ4n) is 14.4. The zero-order chi connectivity index (χ0) is 93.9. The third-order valence-electron chi connectivity index (χ3n) is 21.6. The minimum absolute atomic E-state index is 0.0230. The van der Waals surface area contributed by atoms with Gasteiger partial charge in [0.05, 0.1) is 31.8 Å². The number of phenolic OH excluding ortho intramolecular Hbond substituents is 2. The van der Waals surface area contributed by atoms with Crippen molar-refractivity contribution in [3.8, 4) is 11.5 Å². The Bertz CT molecular complexity index is 4750. The summed E-state index contributed by atoms with van der Waals surface area (Å²) in [5, 5.41) is 52.4. The highest BCUT2D eigenvalue weighted by molar-refractivity contribution is 8.00. The summed E-state index contributed by atoms with van der Waals surface area (Å²) in [7, 11) is 6.89. The summed E-state index contributed by atoms with van der Waals surface area (Å²) in [5.74, 6) is -16.0. The lowest BCUT2D eigenvalue weighted by molar-refractivity contribution is -0.151. The Kier molecular flexibility index (Phi) is 41.2. The van der Waals surface area contributed by atoms with Crippen LogP contribution in [0.15, 0.2) is 140 Å². The largest absolute Gasteiger partial charge is 0.508 e. The van der Waals surface area contributed by atoms with Gasteiger partial charge in [0.1, 0.15) is 71.9 Å². The number of primary amides is 2. The first-order valence-electron chi connectivity index (χ1n) is 42.4. The van der Waals surface area contributed by atoms with E-state index in [0.717, 1.165) is 44.9 Å². The molecule has 6 aromatic rings. The number of aromatic nitrogens is 1. The summed E-state index contributed by atoms with van der Waals surface area (Å²) >= 11 is 0.911. The van der Waals surface area contributed by atoms with E-state index in [1.54, 1.807) is 95.5 Å². The SMILES string of the molecule is CCCC[C@H](C)C(=O)N(C)[C@@H](Cc1ccccc1)C(=O)N(C)[C@@H](CCCC)C(=O)N(C)CC(=O)N[C@@H](CC(=O)O)C(=O)N[C@H](C(=O)N(C)[C@@H](Cc1ccccc1)C(=O)N[C@@H](Cc1ccc(O)cc1)C(=O)N(C)CC(=O)N[C@@H](Cc1c[nH]c2ccccc12)C(=O)N[C@@H](Cc1ccc(O)cc1)C(=O)N[C@@H](CC(C)C)C(=O)N[C@@H](CSCC(N)=O)C(=O)NCC(N)=O)C(C)C. The van der Waals surface area contributed by atoms with Crippen LogP contribution < -0.4 is 54.0 Å². The van der Waals surface area contributed by atoms with Gasteiger partial charge in [-0.05, 0) is 89.2 Å². The number of H-pyrrole nitrogens is 1. The average Bonchev–Trinajstić information content (AvgIpc) is 1.43. The lowest BCUT2D eigenvalue weighted by Crippen LogP contribution is -2.61. The van der Waals surface area contributed by atoms with Gasteiger partial charge in [0, 0.05) is 96.1 Å². The monoisotopic (exact) mass is 1780 g/mol. The lowest BCUT2D eigenvalue weighted by Gasteiger charge is -2.36. The van der Waals surface area contributed by atoms with Crippen LogP contribution in [0.1, 0.15) is 128 Å². The predicted molar refractivity (Wildman–Crippen MR) is 478 cm³/mol. The van der Waals surface area contributed by atoms with Crippen LogP contribution in [0.5, 0.6) is 11.5 Å². The second kappa shape index (κ2) is 50.9. The molecule has 127 heavy (non-hydrogen) atoms. The Morgan fingerprint density at radius 2 is 0.890 bits per heavy atom. The van der Waals surface area contributed by atoms with Gasteiger partial charge in [0.15, 0.2) is 0 Å². The molecule has 1 heterocycles. The molecule has 0 aliphatic carbocycles. The van der Waals surface area contributed by atoms with E-state index >= 15 is 19.2 Å². The number of fused-ring (bicyclic) bond motifs is 1. The molecule has 0 fully saturated rings. The molecule has 0 bridgehead atoms.